The van der Waals surface area contributed by atoms with Crippen LogP contribution in [-0.2, 0) is 4.57 Å². The maximum Gasteiger partial charge on any atom is 0.205 e. The van der Waals surface area contributed by atoms with Crippen molar-refractivity contribution >= 4 is 77.4 Å². The van der Waals surface area contributed by atoms with Gasteiger partial charge in [-0.25, -0.2) is 0 Å². The van der Waals surface area contributed by atoms with Crippen molar-refractivity contribution in [3.05, 3.63) is 158 Å². The topological polar surface area (TPSA) is 47.8 Å². The Bertz CT molecular complexity index is 2570. The molecule has 0 atom stereocenters. The van der Waals surface area contributed by atoms with Crippen LogP contribution in [0.3, 0.4) is 0 Å². The first-order valence-corrected chi connectivity index (χ1v) is 16.7. The van der Waals surface area contributed by atoms with E-state index in [0.717, 1.165) is 38.1 Å². The van der Waals surface area contributed by atoms with E-state index in [0.29, 0.717) is 10.9 Å². The molecule has 6 aromatic carbocycles. The fourth-order valence-electron chi connectivity index (χ4n) is 6.92. The maximum atomic E-state index is 15.2. The van der Waals surface area contributed by atoms with Gasteiger partial charge in [0.15, 0.2) is 0 Å². The SMILES string of the molecule is O=P(c1ccc2c(c1)c1ccccc1c1cc3c4ccccc4n(-c4ccccc4)c3cc21)(c1ccccn1)c1ccccn1. The van der Waals surface area contributed by atoms with Crippen LogP contribution < -0.4 is 16.2 Å². The average molecular weight is 596 g/mol. The highest BCUT2D eigenvalue weighted by molar-refractivity contribution is 7.85. The largest absolute Gasteiger partial charge is 0.309 e. The molecule has 0 aliphatic rings. The molecule has 3 aromatic heterocycles. The quantitative estimate of drug-likeness (QED) is 0.151. The number of pyridine rings is 2. The number of rotatable bonds is 4. The van der Waals surface area contributed by atoms with E-state index in [1.807, 2.05) is 42.5 Å². The van der Waals surface area contributed by atoms with E-state index in [2.05, 4.69) is 118 Å². The first kappa shape index (κ1) is 25.9. The second-order valence-electron chi connectivity index (χ2n) is 11.4. The summed E-state index contributed by atoms with van der Waals surface area (Å²) in [6.45, 7) is 0. The number of para-hydroxylation sites is 2. The zero-order valence-corrected chi connectivity index (χ0v) is 25.1. The van der Waals surface area contributed by atoms with Crippen molar-refractivity contribution in [2.24, 2.45) is 0 Å². The van der Waals surface area contributed by atoms with Gasteiger partial charge in [0.25, 0.3) is 0 Å². The molecule has 0 aliphatic carbocycles. The van der Waals surface area contributed by atoms with Crippen LogP contribution in [-0.4, -0.2) is 14.5 Å². The monoisotopic (exact) mass is 595 g/mol. The van der Waals surface area contributed by atoms with Crippen LogP contribution >= 0.6 is 7.14 Å². The number of hydrogen-bond acceptors (Lipinski definition) is 3. The lowest BCUT2D eigenvalue weighted by atomic mass is 9.93. The van der Waals surface area contributed by atoms with Gasteiger partial charge in [0.05, 0.1) is 11.0 Å². The molecule has 9 aromatic rings. The number of nitrogens with zero attached hydrogens (tertiary/aromatic N) is 3. The number of benzene rings is 6. The lowest BCUT2D eigenvalue weighted by Gasteiger charge is -2.19. The van der Waals surface area contributed by atoms with E-state index in [1.165, 1.54) is 27.1 Å². The van der Waals surface area contributed by atoms with E-state index in [1.54, 1.807) is 12.4 Å². The van der Waals surface area contributed by atoms with Crippen molar-refractivity contribution < 1.29 is 4.57 Å². The lowest BCUT2D eigenvalue weighted by Crippen LogP contribution is -2.28. The molecule has 0 saturated carbocycles. The zero-order chi connectivity index (χ0) is 30.0. The Kier molecular flexibility index (Phi) is 5.74. The van der Waals surface area contributed by atoms with Crippen LogP contribution in [0.1, 0.15) is 0 Å². The van der Waals surface area contributed by atoms with Gasteiger partial charge >= 0.3 is 0 Å². The first-order chi connectivity index (χ1) is 22.2. The summed E-state index contributed by atoms with van der Waals surface area (Å²) in [4.78, 5) is 9.17. The molecule has 0 amide bonds. The Morgan fingerprint density at radius 3 is 1.64 bits per heavy atom. The summed E-state index contributed by atoms with van der Waals surface area (Å²) in [5.74, 6) is 0. The van der Waals surface area contributed by atoms with E-state index < -0.39 is 7.14 Å². The molecule has 9 rings (SSSR count). The highest BCUT2D eigenvalue weighted by Gasteiger charge is 2.33. The van der Waals surface area contributed by atoms with E-state index in [4.69, 9.17) is 0 Å². The maximum absolute atomic E-state index is 15.2. The Balaban J connectivity index is 1.41. The lowest BCUT2D eigenvalue weighted by molar-refractivity contribution is 0.591. The van der Waals surface area contributed by atoms with Gasteiger partial charge in [-0.1, -0.05) is 84.9 Å². The standard InChI is InChI=1S/C40H26N3OP/c44-45(39-18-8-10-22-41-39,40-19-9-11-23-42-40)28-20-21-31-33(24-28)29-14-4-5-15-30(29)34-25-36-32-16-6-7-17-37(32)43(38(36)26-35(31)34)27-12-2-1-3-13-27/h1-26H. The van der Waals surface area contributed by atoms with Crippen LogP contribution in [0.15, 0.2) is 158 Å². The molecule has 0 bridgehead atoms. The third kappa shape index (κ3) is 3.83. The molecule has 3 heterocycles. The van der Waals surface area contributed by atoms with Crippen molar-refractivity contribution in [3.8, 4) is 5.69 Å². The molecule has 0 unspecified atom stereocenters. The van der Waals surface area contributed by atoms with Crippen molar-refractivity contribution in [3.63, 3.8) is 0 Å². The van der Waals surface area contributed by atoms with Crippen LogP contribution in [0.4, 0.5) is 0 Å². The van der Waals surface area contributed by atoms with Gasteiger partial charge in [-0.3, -0.25) is 9.97 Å². The Morgan fingerprint density at radius 2 is 0.978 bits per heavy atom. The molecular weight excluding hydrogens is 569 g/mol. The van der Waals surface area contributed by atoms with Crippen molar-refractivity contribution in [1.82, 2.24) is 14.5 Å². The van der Waals surface area contributed by atoms with Crippen molar-refractivity contribution in [1.29, 1.82) is 0 Å². The second-order valence-corrected chi connectivity index (χ2v) is 14.0. The second kappa shape index (κ2) is 9.99. The van der Waals surface area contributed by atoms with Gasteiger partial charge in [0, 0.05) is 34.2 Å². The molecule has 0 saturated heterocycles. The smallest absolute Gasteiger partial charge is 0.205 e. The third-order valence-corrected chi connectivity index (χ3v) is 11.8. The average Bonchev–Trinajstić information content (AvgIpc) is 3.45. The van der Waals surface area contributed by atoms with E-state index in [9.17, 15) is 0 Å². The van der Waals surface area contributed by atoms with Gasteiger partial charge in [0.2, 0.25) is 7.14 Å². The predicted molar refractivity (Wildman–Crippen MR) is 188 cm³/mol. The molecule has 0 radical (unpaired) electrons. The minimum atomic E-state index is -3.35. The molecule has 0 aliphatic heterocycles. The van der Waals surface area contributed by atoms with Crippen LogP contribution in [0.2, 0.25) is 0 Å². The number of fused-ring (bicyclic) bond motifs is 9. The highest BCUT2D eigenvalue weighted by atomic mass is 31.2. The van der Waals surface area contributed by atoms with E-state index in [-0.39, 0.29) is 0 Å². The molecule has 45 heavy (non-hydrogen) atoms. The molecule has 5 heteroatoms. The predicted octanol–water partition coefficient (Wildman–Crippen LogP) is 8.67. The summed E-state index contributed by atoms with van der Waals surface area (Å²) in [5, 5.41) is 10.00. The summed E-state index contributed by atoms with van der Waals surface area (Å²) in [7, 11) is -3.35. The minimum absolute atomic E-state index is 0.530. The van der Waals surface area contributed by atoms with Crippen molar-refractivity contribution in [2.45, 2.75) is 0 Å². The van der Waals surface area contributed by atoms with Crippen molar-refractivity contribution in [2.75, 3.05) is 0 Å². The van der Waals surface area contributed by atoms with Gasteiger partial charge in [-0.05, 0) is 93.0 Å². The fourth-order valence-corrected chi connectivity index (χ4v) is 9.33. The molecule has 4 nitrogen and oxygen atoms in total. The zero-order valence-electron chi connectivity index (χ0n) is 24.2. The Hall–Kier alpha value is -5.57. The summed E-state index contributed by atoms with van der Waals surface area (Å²) in [6.07, 6.45) is 3.40. The minimum Gasteiger partial charge on any atom is -0.309 e. The Morgan fingerprint density at radius 1 is 0.422 bits per heavy atom. The van der Waals surface area contributed by atoms with Crippen LogP contribution in [0.5, 0.6) is 0 Å². The van der Waals surface area contributed by atoms with Gasteiger partial charge in [-0.2, -0.15) is 0 Å². The summed E-state index contributed by atoms with van der Waals surface area (Å²) >= 11 is 0. The van der Waals surface area contributed by atoms with Gasteiger partial charge in [-0.15, -0.1) is 0 Å². The van der Waals surface area contributed by atoms with Gasteiger partial charge < -0.3 is 9.13 Å². The molecule has 0 spiro atoms. The number of hydrogen-bond donors (Lipinski definition) is 0. The summed E-state index contributed by atoms with van der Waals surface area (Å²) < 4.78 is 17.6. The summed E-state index contributed by atoms with van der Waals surface area (Å²) in [6, 6.07) is 49.8. The third-order valence-electron chi connectivity index (χ3n) is 8.93. The van der Waals surface area contributed by atoms with Gasteiger partial charge in [0.1, 0.15) is 10.9 Å². The fraction of sp³-hybridized carbons (Fsp3) is 0. The summed E-state index contributed by atoms with van der Waals surface area (Å²) in [5.41, 5.74) is 4.52. The first-order valence-electron chi connectivity index (χ1n) is 15.0. The number of aromatic nitrogens is 3. The molecule has 0 N–H and O–H groups in total. The molecule has 212 valence electrons. The molecular formula is C40H26N3OP. The normalized spacial score (nSPS) is 12.1. The van der Waals surface area contributed by atoms with Crippen LogP contribution in [0.25, 0.3) is 59.8 Å². The highest BCUT2D eigenvalue weighted by Crippen LogP contribution is 2.44. The van der Waals surface area contributed by atoms with Crippen LogP contribution in [0, 0.1) is 0 Å². The van der Waals surface area contributed by atoms with E-state index >= 15 is 4.57 Å². The Labute approximate surface area is 259 Å². The molecule has 0 fully saturated rings.